The maximum Gasteiger partial charge on any atom is 0.133 e. The molecule has 0 saturated carbocycles. The fourth-order valence-corrected chi connectivity index (χ4v) is 3.61. The van der Waals surface area contributed by atoms with Gasteiger partial charge in [0, 0.05) is 4.88 Å². The van der Waals surface area contributed by atoms with E-state index in [-0.39, 0.29) is 6.04 Å². The molecule has 1 aromatic heterocycles. The van der Waals surface area contributed by atoms with Gasteiger partial charge in [-0.3, -0.25) is 0 Å². The number of ether oxygens (including phenoxy) is 1. The molecule has 0 aliphatic heterocycles. The molecule has 0 bridgehead atoms. The van der Waals surface area contributed by atoms with E-state index in [4.69, 9.17) is 10.5 Å². The van der Waals surface area contributed by atoms with Crippen molar-refractivity contribution in [2.45, 2.75) is 13.0 Å². The molecule has 18 heavy (non-hydrogen) atoms. The predicted molar refractivity (Wildman–Crippen MR) is 83.4 cm³/mol. The molecule has 0 aliphatic carbocycles. The van der Waals surface area contributed by atoms with Gasteiger partial charge in [-0.2, -0.15) is 0 Å². The molecule has 0 aliphatic rings. The minimum atomic E-state index is -0.103. The first kappa shape index (κ1) is 14.1. The van der Waals surface area contributed by atoms with Crippen molar-refractivity contribution in [2.24, 2.45) is 5.73 Å². The molecule has 2 rings (SSSR count). The highest BCUT2D eigenvalue weighted by atomic mass is 79.9. The van der Waals surface area contributed by atoms with E-state index in [2.05, 4.69) is 31.9 Å². The Labute approximate surface area is 127 Å². The van der Waals surface area contributed by atoms with E-state index in [1.165, 1.54) is 0 Å². The Morgan fingerprint density at radius 3 is 2.61 bits per heavy atom. The first-order valence-electron chi connectivity index (χ1n) is 5.55. The van der Waals surface area contributed by atoms with Gasteiger partial charge >= 0.3 is 0 Å². The summed E-state index contributed by atoms with van der Waals surface area (Å²) < 4.78 is 7.52. The third kappa shape index (κ3) is 3.15. The third-order valence-electron chi connectivity index (χ3n) is 2.52. The molecule has 96 valence electrons. The molecule has 1 heterocycles. The summed E-state index contributed by atoms with van der Waals surface area (Å²) >= 11 is 8.62. The SMILES string of the molecule is CCOc1ccc(C(N)c2ccc(Br)s2)cc1Br. The lowest BCUT2D eigenvalue weighted by molar-refractivity contribution is 0.338. The zero-order chi connectivity index (χ0) is 13.1. The highest BCUT2D eigenvalue weighted by Gasteiger charge is 2.13. The lowest BCUT2D eigenvalue weighted by atomic mass is 10.1. The minimum Gasteiger partial charge on any atom is -0.493 e. The van der Waals surface area contributed by atoms with Gasteiger partial charge in [0.05, 0.1) is 20.9 Å². The first-order valence-corrected chi connectivity index (χ1v) is 7.95. The van der Waals surface area contributed by atoms with Crippen LogP contribution in [0.15, 0.2) is 38.6 Å². The van der Waals surface area contributed by atoms with E-state index < -0.39 is 0 Å². The van der Waals surface area contributed by atoms with Crippen molar-refractivity contribution in [3.05, 3.63) is 49.0 Å². The van der Waals surface area contributed by atoms with Crippen LogP contribution in [0.3, 0.4) is 0 Å². The quantitative estimate of drug-likeness (QED) is 0.819. The van der Waals surface area contributed by atoms with Crippen molar-refractivity contribution < 1.29 is 4.74 Å². The Kier molecular flexibility index (Phi) is 4.84. The van der Waals surface area contributed by atoms with Gasteiger partial charge in [-0.25, -0.2) is 0 Å². The zero-order valence-corrected chi connectivity index (χ0v) is 13.8. The largest absolute Gasteiger partial charge is 0.493 e. The summed E-state index contributed by atoms with van der Waals surface area (Å²) in [5.41, 5.74) is 7.32. The Balaban J connectivity index is 2.26. The molecule has 5 heteroatoms. The molecular formula is C13H13Br2NOS. The van der Waals surface area contributed by atoms with Crippen molar-refractivity contribution in [2.75, 3.05) is 6.61 Å². The van der Waals surface area contributed by atoms with Crippen LogP contribution in [0.1, 0.15) is 23.4 Å². The van der Waals surface area contributed by atoms with Gasteiger partial charge in [-0.15, -0.1) is 11.3 Å². The van der Waals surface area contributed by atoms with E-state index >= 15 is 0 Å². The number of nitrogens with two attached hydrogens (primary N) is 1. The molecule has 0 amide bonds. The number of halogens is 2. The predicted octanol–water partition coefficient (Wildman–Crippen LogP) is 4.72. The third-order valence-corrected chi connectivity index (χ3v) is 4.84. The monoisotopic (exact) mass is 389 g/mol. The maximum atomic E-state index is 6.25. The smallest absolute Gasteiger partial charge is 0.133 e. The van der Waals surface area contributed by atoms with Crippen LogP contribution in [0.2, 0.25) is 0 Å². The second kappa shape index (κ2) is 6.19. The lowest BCUT2D eigenvalue weighted by Gasteiger charge is -2.12. The molecule has 0 radical (unpaired) electrons. The number of hydrogen-bond donors (Lipinski definition) is 1. The van der Waals surface area contributed by atoms with Crippen LogP contribution in [0.5, 0.6) is 5.75 Å². The Morgan fingerprint density at radius 1 is 1.28 bits per heavy atom. The second-order valence-electron chi connectivity index (χ2n) is 3.74. The summed E-state index contributed by atoms with van der Waals surface area (Å²) in [4.78, 5) is 1.14. The minimum absolute atomic E-state index is 0.103. The molecular weight excluding hydrogens is 378 g/mol. The molecule has 0 fully saturated rings. The number of thiophene rings is 1. The van der Waals surface area contributed by atoms with Crippen LogP contribution in [0, 0.1) is 0 Å². The standard InChI is InChI=1S/C13H13Br2NOS/c1-2-17-10-4-3-8(7-9(10)14)13(16)11-5-6-12(15)18-11/h3-7,13H,2,16H2,1H3. The van der Waals surface area contributed by atoms with Gasteiger partial charge < -0.3 is 10.5 Å². The van der Waals surface area contributed by atoms with E-state index in [0.29, 0.717) is 6.61 Å². The number of hydrogen-bond acceptors (Lipinski definition) is 3. The van der Waals surface area contributed by atoms with Gasteiger partial charge in [-0.05, 0) is 68.6 Å². The van der Waals surface area contributed by atoms with E-state index in [1.54, 1.807) is 11.3 Å². The fourth-order valence-electron chi connectivity index (χ4n) is 1.64. The first-order chi connectivity index (χ1) is 8.61. The fraction of sp³-hybridized carbons (Fsp3) is 0.231. The van der Waals surface area contributed by atoms with E-state index in [1.807, 2.05) is 37.3 Å². The highest BCUT2D eigenvalue weighted by Crippen LogP contribution is 2.33. The summed E-state index contributed by atoms with van der Waals surface area (Å²) in [5, 5.41) is 0. The second-order valence-corrected chi connectivity index (χ2v) is 7.09. The molecule has 2 N–H and O–H groups in total. The highest BCUT2D eigenvalue weighted by molar-refractivity contribution is 9.11. The molecule has 1 atom stereocenters. The van der Waals surface area contributed by atoms with Crippen molar-refractivity contribution in [3.63, 3.8) is 0 Å². The Bertz CT molecular complexity index is 542. The van der Waals surface area contributed by atoms with Gasteiger partial charge in [0.2, 0.25) is 0 Å². The van der Waals surface area contributed by atoms with Crippen molar-refractivity contribution in [3.8, 4) is 5.75 Å². The molecule has 2 nitrogen and oxygen atoms in total. The number of rotatable bonds is 4. The summed E-state index contributed by atoms with van der Waals surface area (Å²) in [6, 6.07) is 9.93. The summed E-state index contributed by atoms with van der Waals surface area (Å²) in [5.74, 6) is 0.848. The van der Waals surface area contributed by atoms with Gasteiger partial charge in [-0.1, -0.05) is 6.07 Å². The van der Waals surface area contributed by atoms with Crippen LogP contribution in [-0.2, 0) is 0 Å². The van der Waals surface area contributed by atoms with Gasteiger partial charge in [0.15, 0.2) is 0 Å². The van der Waals surface area contributed by atoms with E-state index in [9.17, 15) is 0 Å². The average molecular weight is 391 g/mol. The summed E-state index contributed by atoms with van der Waals surface area (Å²) in [6.07, 6.45) is 0. The van der Waals surface area contributed by atoms with Crippen LogP contribution in [0.25, 0.3) is 0 Å². The van der Waals surface area contributed by atoms with Crippen molar-refractivity contribution >= 4 is 43.2 Å². The van der Waals surface area contributed by atoms with Crippen molar-refractivity contribution in [1.82, 2.24) is 0 Å². The van der Waals surface area contributed by atoms with Crippen LogP contribution >= 0.6 is 43.2 Å². The van der Waals surface area contributed by atoms with Crippen LogP contribution in [0.4, 0.5) is 0 Å². The average Bonchev–Trinajstić information content (AvgIpc) is 2.78. The molecule has 0 spiro atoms. The molecule has 1 aromatic carbocycles. The summed E-state index contributed by atoms with van der Waals surface area (Å²) in [6.45, 7) is 2.62. The topological polar surface area (TPSA) is 35.2 Å². The molecule has 0 saturated heterocycles. The summed E-state index contributed by atoms with van der Waals surface area (Å²) in [7, 11) is 0. The van der Waals surface area contributed by atoms with Crippen LogP contribution < -0.4 is 10.5 Å². The Hall–Kier alpha value is -0.360. The van der Waals surface area contributed by atoms with Gasteiger partial charge in [0.25, 0.3) is 0 Å². The number of benzene rings is 1. The molecule has 2 aromatic rings. The Morgan fingerprint density at radius 2 is 2.06 bits per heavy atom. The normalized spacial score (nSPS) is 12.4. The van der Waals surface area contributed by atoms with Crippen LogP contribution in [-0.4, -0.2) is 6.61 Å². The zero-order valence-electron chi connectivity index (χ0n) is 9.82. The van der Waals surface area contributed by atoms with Crippen molar-refractivity contribution in [1.29, 1.82) is 0 Å². The molecule has 1 unspecified atom stereocenters. The lowest BCUT2D eigenvalue weighted by Crippen LogP contribution is -2.10. The van der Waals surface area contributed by atoms with E-state index in [0.717, 1.165) is 24.4 Å². The van der Waals surface area contributed by atoms with Gasteiger partial charge in [0.1, 0.15) is 5.75 Å². The maximum absolute atomic E-state index is 6.25.